The number of aliphatic hydroxyl groups is 1. The van der Waals surface area contributed by atoms with Gasteiger partial charge >= 0.3 is 0 Å². The minimum absolute atomic E-state index is 0.0200. The fourth-order valence-corrected chi connectivity index (χ4v) is 8.17. The Labute approximate surface area is 176 Å². The molecular formula is C25H38N2O2. The normalized spacial score (nSPS) is 47.8. The number of likely N-dealkylation sites (N-methyl/N-ethyl adjacent to an activating group) is 1. The van der Waals surface area contributed by atoms with Gasteiger partial charge in [0.2, 0.25) is 5.91 Å². The van der Waals surface area contributed by atoms with Crippen molar-refractivity contribution in [1.29, 1.82) is 0 Å². The van der Waals surface area contributed by atoms with E-state index in [0.29, 0.717) is 17.8 Å². The molecule has 29 heavy (non-hydrogen) atoms. The number of carbonyl (C=O) groups excluding carboxylic acids is 1. The van der Waals surface area contributed by atoms with Crippen molar-refractivity contribution in [3.8, 4) is 0 Å². The molecular weight excluding hydrogens is 360 g/mol. The molecule has 2 heterocycles. The number of fused-ring (bicyclic) bond motifs is 5. The smallest absolute Gasteiger partial charge is 0.246 e. The van der Waals surface area contributed by atoms with Crippen molar-refractivity contribution in [2.75, 3.05) is 27.2 Å². The van der Waals surface area contributed by atoms with Crippen LogP contribution in [0.5, 0.6) is 0 Å². The summed E-state index contributed by atoms with van der Waals surface area (Å²) >= 11 is 0. The molecule has 0 aromatic heterocycles. The molecule has 4 fully saturated rings. The van der Waals surface area contributed by atoms with E-state index in [2.05, 4.69) is 31.9 Å². The van der Waals surface area contributed by atoms with Gasteiger partial charge in [0.15, 0.2) is 0 Å². The van der Waals surface area contributed by atoms with Crippen molar-refractivity contribution in [2.24, 2.45) is 28.6 Å². The molecule has 0 bridgehead atoms. The summed E-state index contributed by atoms with van der Waals surface area (Å²) in [5, 5.41) is 10.8. The van der Waals surface area contributed by atoms with E-state index in [0.717, 1.165) is 45.2 Å². The average molecular weight is 399 g/mol. The van der Waals surface area contributed by atoms with Crippen molar-refractivity contribution < 1.29 is 9.90 Å². The lowest BCUT2D eigenvalue weighted by Gasteiger charge is -2.61. The van der Waals surface area contributed by atoms with Gasteiger partial charge in [0.05, 0.1) is 12.1 Å². The molecule has 0 aromatic rings. The molecule has 1 amide bonds. The molecule has 2 aliphatic heterocycles. The van der Waals surface area contributed by atoms with Crippen LogP contribution in [0.3, 0.4) is 0 Å². The largest absolute Gasteiger partial charge is 0.393 e. The predicted octanol–water partition coefficient (Wildman–Crippen LogP) is 3.62. The summed E-state index contributed by atoms with van der Waals surface area (Å²) in [6.45, 7) is 7.04. The summed E-state index contributed by atoms with van der Waals surface area (Å²) in [7, 11) is 4.24. The quantitative estimate of drug-likeness (QED) is 0.634. The zero-order valence-electron chi connectivity index (χ0n) is 18.7. The van der Waals surface area contributed by atoms with Gasteiger partial charge < -0.3 is 14.9 Å². The number of piperidine rings is 1. The van der Waals surface area contributed by atoms with E-state index in [9.17, 15) is 9.90 Å². The molecule has 5 rings (SSSR count). The minimum atomic E-state index is -0.135. The van der Waals surface area contributed by atoms with E-state index < -0.39 is 0 Å². The number of nitrogens with zero attached hydrogens (tertiary/aromatic N) is 2. The molecule has 1 N–H and O–H groups in total. The van der Waals surface area contributed by atoms with Gasteiger partial charge in [-0.15, -0.1) is 0 Å². The number of hydrogen-bond donors (Lipinski definition) is 1. The second-order valence-electron chi connectivity index (χ2n) is 11.2. The minimum Gasteiger partial charge on any atom is -0.393 e. The zero-order chi connectivity index (χ0) is 20.6. The van der Waals surface area contributed by atoms with E-state index >= 15 is 0 Å². The van der Waals surface area contributed by atoms with E-state index in [1.807, 2.05) is 18.0 Å². The van der Waals surface area contributed by atoms with Crippen LogP contribution >= 0.6 is 0 Å². The van der Waals surface area contributed by atoms with Gasteiger partial charge in [-0.25, -0.2) is 0 Å². The molecule has 4 nitrogen and oxygen atoms in total. The Morgan fingerprint density at radius 3 is 2.52 bits per heavy atom. The molecule has 160 valence electrons. The first-order chi connectivity index (χ1) is 13.8. The summed E-state index contributed by atoms with van der Waals surface area (Å²) in [5.41, 5.74) is 3.31. The van der Waals surface area contributed by atoms with Crippen LogP contribution < -0.4 is 0 Å². The molecule has 5 aliphatic rings. The van der Waals surface area contributed by atoms with Crippen LogP contribution in [0.15, 0.2) is 23.3 Å². The van der Waals surface area contributed by atoms with Crippen molar-refractivity contribution in [2.45, 2.75) is 70.9 Å². The maximum atomic E-state index is 12.7. The molecule has 0 aromatic carbocycles. The van der Waals surface area contributed by atoms with E-state index in [1.165, 1.54) is 12.8 Å². The maximum absolute atomic E-state index is 12.7. The fraction of sp³-hybridized carbons (Fsp3) is 0.800. The highest BCUT2D eigenvalue weighted by Gasteiger charge is 2.61. The predicted molar refractivity (Wildman–Crippen MR) is 115 cm³/mol. The van der Waals surface area contributed by atoms with Crippen LogP contribution in [-0.4, -0.2) is 60.1 Å². The van der Waals surface area contributed by atoms with Crippen LogP contribution in [0.4, 0.5) is 0 Å². The number of aliphatic hydroxyl groups excluding tert-OH is 1. The topological polar surface area (TPSA) is 43.8 Å². The zero-order valence-corrected chi connectivity index (χ0v) is 18.7. The Hall–Kier alpha value is -1.13. The van der Waals surface area contributed by atoms with Gasteiger partial charge in [0.25, 0.3) is 0 Å². The molecule has 3 aliphatic carbocycles. The summed E-state index contributed by atoms with van der Waals surface area (Å²) in [5.74, 6) is 2.03. The van der Waals surface area contributed by atoms with Crippen LogP contribution in [0.25, 0.3) is 0 Å². The first-order valence-corrected chi connectivity index (χ1v) is 11.8. The molecule has 7 atom stereocenters. The molecule has 3 saturated carbocycles. The van der Waals surface area contributed by atoms with Gasteiger partial charge in [0.1, 0.15) is 0 Å². The molecule has 0 spiro atoms. The third-order valence-corrected chi connectivity index (χ3v) is 9.93. The van der Waals surface area contributed by atoms with Crippen LogP contribution in [0.2, 0.25) is 0 Å². The molecule has 0 radical (unpaired) electrons. The third kappa shape index (κ3) is 2.74. The lowest BCUT2D eigenvalue weighted by atomic mass is 9.47. The average Bonchev–Trinajstić information content (AvgIpc) is 3.00. The Morgan fingerprint density at radius 2 is 1.79 bits per heavy atom. The second kappa shape index (κ2) is 6.68. The van der Waals surface area contributed by atoms with Crippen molar-refractivity contribution >= 4 is 5.91 Å². The molecule has 2 unspecified atom stereocenters. The Balaban J connectivity index is 1.61. The highest BCUT2D eigenvalue weighted by Crippen LogP contribution is 2.65. The van der Waals surface area contributed by atoms with Gasteiger partial charge in [-0.1, -0.05) is 25.5 Å². The summed E-state index contributed by atoms with van der Waals surface area (Å²) < 4.78 is 0. The Morgan fingerprint density at radius 1 is 1.07 bits per heavy atom. The van der Waals surface area contributed by atoms with Gasteiger partial charge in [0, 0.05) is 25.6 Å². The van der Waals surface area contributed by atoms with Crippen LogP contribution in [-0.2, 0) is 4.79 Å². The van der Waals surface area contributed by atoms with Gasteiger partial charge in [-0.05, 0) is 86.8 Å². The monoisotopic (exact) mass is 398 g/mol. The molecule has 1 saturated heterocycles. The maximum Gasteiger partial charge on any atom is 0.246 e. The number of likely N-dealkylation sites (tertiary alicyclic amines) is 1. The summed E-state index contributed by atoms with van der Waals surface area (Å²) in [6.07, 6.45) is 11.9. The first kappa shape index (κ1) is 19.8. The van der Waals surface area contributed by atoms with Crippen molar-refractivity contribution in [3.63, 3.8) is 0 Å². The lowest BCUT2D eigenvalue weighted by molar-refractivity contribution is -0.135. The van der Waals surface area contributed by atoms with Crippen molar-refractivity contribution in [3.05, 3.63) is 23.3 Å². The fourth-order valence-electron chi connectivity index (χ4n) is 8.17. The van der Waals surface area contributed by atoms with Crippen LogP contribution in [0.1, 0.15) is 58.8 Å². The first-order valence-electron chi connectivity index (χ1n) is 11.8. The van der Waals surface area contributed by atoms with E-state index in [1.54, 1.807) is 11.1 Å². The third-order valence-electron chi connectivity index (χ3n) is 9.93. The van der Waals surface area contributed by atoms with Crippen LogP contribution in [0, 0.1) is 28.6 Å². The SMILES string of the molecule is CN1CCC(=C2C[C@@H]3[C@@H](CC[C@]4(C)C(O)CC[C@@H]34)[C@@]3(C)C=CC(=O)N(C)C23)CC1. The van der Waals surface area contributed by atoms with Gasteiger partial charge in [-0.3, -0.25) is 4.79 Å². The Bertz CT molecular complexity index is 763. The number of carbonyl (C=O) groups is 1. The Kier molecular flexibility index (Phi) is 4.57. The standard InChI is InChI=1S/C25H38N2O2/c1-24-11-7-20-18(19(24)5-6-21(24)28)15-17(16-9-13-26(3)14-10-16)23-25(20,2)12-8-22(29)27(23)4/h8,12,18-21,23,28H,5-7,9-11,13-15H2,1-4H3/t18-,19-,20+,21?,23?,24-,25+/m0/s1. The number of amides is 1. The lowest BCUT2D eigenvalue weighted by Crippen LogP contribution is -2.61. The number of rotatable bonds is 0. The summed E-state index contributed by atoms with van der Waals surface area (Å²) in [4.78, 5) is 17.2. The highest BCUT2D eigenvalue weighted by atomic mass is 16.3. The second-order valence-corrected chi connectivity index (χ2v) is 11.2. The van der Waals surface area contributed by atoms with Gasteiger partial charge in [-0.2, -0.15) is 0 Å². The highest BCUT2D eigenvalue weighted by molar-refractivity contribution is 5.89. The van der Waals surface area contributed by atoms with E-state index in [4.69, 9.17) is 0 Å². The summed E-state index contributed by atoms with van der Waals surface area (Å²) in [6, 6.07) is 0.218. The molecule has 4 heteroatoms. The number of hydrogen-bond acceptors (Lipinski definition) is 3. The van der Waals surface area contributed by atoms with Crippen molar-refractivity contribution in [1.82, 2.24) is 9.80 Å². The van der Waals surface area contributed by atoms with E-state index in [-0.39, 0.29) is 28.9 Å².